The van der Waals surface area contributed by atoms with E-state index in [0.29, 0.717) is 13.0 Å². The average Bonchev–Trinajstić information content (AvgIpc) is 2.75. The number of hydrogen-bond acceptors (Lipinski definition) is 3. The summed E-state index contributed by atoms with van der Waals surface area (Å²) in [4.78, 5) is 14.4. The molecule has 0 spiro atoms. The third-order valence-electron chi connectivity index (χ3n) is 4.01. The maximum atomic E-state index is 12.0. The first-order chi connectivity index (χ1) is 10.2. The van der Waals surface area contributed by atoms with Crippen LogP contribution in [0.1, 0.15) is 50.6 Å². The molecule has 1 aliphatic rings. The van der Waals surface area contributed by atoms with Crippen LogP contribution in [0.15, 0.2) is 24.3 Å². The van der Waals surface area contributed by atoms with Gasteiger partial charge in [0.15, 0.2) is 0 Å². The van der Waals surface area contributed by atoms with Crippen LogP contribution in [0.25, 0.3) is 0 Å². The van der Waals surface area contributed by atoms with E-state index in [1.807, 2.05) is 31.2 Å². The molecule has 0 aliphatic carbocycles. The van der Waals surface area contributed by atoms with Gasteiger partial charge in [-0.1, -0.05) is 42.6 Å². The third-order valence-corrected chi connectivity index (χ3v) is 4.36. The Morgan fingerprint density at radius 1 is 1.24 bits per heavy atom. The maximum absolute atomic E-state index is 12.0. The lowest BCUT2D eigenvalue weighted by Crippen LogP contribution is -2.32. The monoisotopic (exact) mass is 309 g/mol. The van der Waals surface area contributed by atoms with Crippen molar-refractivity contribution in [2.75, 3.05) is 19.7 Å². The van der Waals surface area contributed by atoms with E-state index in [4.69, 9.17) is 16.3 Å². The third kappa shape index (κ3) is 4.72. The Morgan fingerprint density at radius 2 is 1.90 bits per heavy atom. The molecule has 1 unspecified atom stereocenters. The Balaban J connectivity index is 2.20. The highest BCUT2D eigenvalue weighted by molar-refractivity contribution is 6.31. The zero-order chi connectivity index (χ0) is 15.1. The molecule has 0 amide bonds. The lowest BCUT2D eigenvalue weighted by molar-refractivity contribution is -0.144. The standard InChI is InChI=1S/C17H24ClNO2/c1-2-21-17(20)13-16(14-9-5-6-10-15(14)18)19-11-7-3-4-8-12-19/h5-6,9-10,16H,2-4,7-8,11-13H2,1H3. The molecule has 0 aromatic heterocycles. The van der Waals surface area contributed by atoms with Crippen molar-refractivity contribution < 1.29 is 9.53 Å². The van der Waals surface area contributed by atoms with Gasteiger partial charge in [-0.2, -0.15) is 0 Å². The molecule has 21 heavy (non-hydrogen) atoms. The van der Waals surface area contributed by atoms with Gasteiger partial charge in [0, 0.05) is 11.1 Å². The summed E-state index contributed by atoms with van der Waals surface area (Å²) >= 11 is 6.36. The van der Waals surface area contributed by atoms with Crippen LogP contribution >= 0.6 is 11.6 Å². The molecule has 4 heteroatoms. The fourth-order valence-electron chi connectivity index (χ4n) is 2.97. The molecule has 0 radical (unpaired) electrons. The molecule has 0 saturated carbocycles. The second-order valence-electron chi connectivity index (χ2n) is 5.50. The van der Waals surface area contributed by atoms with Gasteiger partial charge in [-0.25, -0.2) is 0 Å². The van der Waals surface area contributed by atoms with Crippen molar-refractivity contribution in [1.29, 1.82) is 0 Å². The van der Waals surface area contributed by atoms with Crippen LogP contribution in [0.3, 0.4) is 0 Å². The minimum absolute atomic E-state index is 0.0239. The van der Waals surface area contributed by atoms with E-state index in [9.17, 15) is 4.79 Å². The Hall–Kier alpha value is -1.06. The summed E-state index contributed by atoms with van der Waals surface area (Å²) in [6.45, 7) is 4.31. The molecule has 2 rings (SSSR count). The number of esters is 1. The van der Waals surface area contributed by atoms with E-state index in [-0.39, 0.29) is 12.0 Å². The van der Waals surface area contributed by atoms with E-state index < -0.39 is 0 Å². The highest BCUT2D eigenvalue weighted by Crippen LogP contribution is 2.32. The highest BCUT2D eigenvalue weighted by Gasteiger charge is 2.26. The lowest BCUT2D eigenvalue weighted by Gasteiger charge is -2.31. The second-order valence-corrected chi connectivity index (χ2v) is 5.90. The van der Waals surface area contributed by atoms with E-state index in [1.165, 1.54) is 25.7 Å². The van der Waals surface area contributed by atoms with Crippen LogP contribution in [0.5, 0.6) is 0 Å². The average molecular weight is 310 g/mol. The minimum atomic E-state index is -0.147. The van der Waals surface area contributed by atoms with Gasteiger partial charge in [-0.3, -0.25) is 9.69 Å². The van der Waals surface area contributed by atoms with Crippen molar-refractivity contribution in [2.24, 2.45) is 0 Å². The minimum Gasteiger partial charge on any atom is -0.466 e. The summed E-state index contributed by atoms with van der Waals surface area (Å²) in [5.74, 6) is -0.147. The van der Waals surface area contributed by atoms with Gasteiger partial charge in [0.25, 0.3) is 0 Å². The number of rotatable bonds is 5. The van der Waals surface area contributed by atoms with E-state index in [2.05, 4.69) is 4.90 Å². The van der Waals surface area contributed by atoms with Gasteiger partial charge in [0.1, 0.15) is 0 Å². The van der Waals surface area contributed by atoms with Gasteiger partial charge in [-0.15, -0.1) is 0 Å². The van der Waals surface area contributed by atoms with Crippen LogP contribution in [-0.2, 0) is 9.53 Å². The molecule has 1 saturated heterocycles. The molecule has 1 heterocycles. The largest absolute Gasteiger partial charge is 0.466 e. The Labute approximate surface area is 132 Å². The fourth-order valence-corrected chi connectivity index (χ4v) is 3.23. The van der Waals surface area contributed by atoms with Crippen molar-refractivity contribution in [2.45, 2.75) is 45.1 Å². The van der Waals surface area contributed by atoms with Crippen molar-refractivity contribution in [1.82, 2.24) is 4.90 Å². The number of nitrogens with zero attached hydrogens (tertiary/aromatic N) is 1. The number of benzene rings is 1. The molecule has 1 aromatic rings. The quantitative estimate of drug-likeness (QED) is 0.763. The fraction of sp³-hybridized carbons (Fsp3) is 0.588. The SMILES string of the molecule is CCOC(=O)CC(c1ccccc1Cl)N1CCCCCC1. The van der Waals surface area contributed by atoms with E-state index >= 15 is 0 Å². The van der Waals surface area contributed by atoms with Crippen LogP contribution in [0.2, 0.25) is 5.02 Å². The molecule has 1 atom stereocenters. The van der Waals surface area contributed by atoms with Gasteiger partial charge in [-0.05, 0) is 44.5 Å². The normalized spacial score (nSPS) is 18.0. The summed E-state index contributed by atoms with van der Waals surface area (Å²) in [5.41, 5.74) is 1.04. The van der Waals surface area contributed by atoms with Crippen LogP contribution in [-0.4, -0.2) is 30.6 Å². The predicted octanol–water partition coefficient (Wildman–Crippen LogP) is 4.21. The van der Waals surface area contributed by atoms with Gasteiger partial charge in [0.05, 0.1) is 13.0 Å². The van der Waals surface area contributed by atoms with Crippen LogP contribution < -0.4 is 0 Å². The Kier molecular flexibility index (Phi) is 6.52. The van der Waals surface area contributed by atoms with Crippen LogP contribution in [0.4, 0.5) is 0 Å². The number of halogens is 1. The number of ether oxygens (including phenoxy) is 1. The summed E-state index contributed by atoms with van der Waals surface area (Å²) in [5, 5.41) is 0.732. The van der Waals surface area contributed by atoms with E-state index in [1.54, 1.807) is 0 Å². The molecule has 1 aliphatic heterocycles. The Bertz CT molecular complexity index is 456. The molecular weight excluding hydrogens is 286 g/mol. The summed E-state index contributed by atoms with van der Waals surface area (Å²) in [7, 11) is 0. The zero-order valence-electron chi connectivity index (χ0n) is 12.7. The van der Waals surface area contributed by atoms with E-state index in [0.717, 1.165) is 23.7 Å². The summed E-state index contributed by atoms with van der Waals surface area (Å²) < 4.78 is 5.15. The molecule has 0 N–H and O–H groups in total. The summed E-state index contributed by atoms with van der Waals surface area (Å²) in [6, 6.07) is 7.85. The molecule has 116 valence electrons. The van der Waals surface area contributed by atoms with Gasteiger partial charge < -0.3 is 4.74 Å². The zero-order valence-corrected chi connectivity index (χ0v) is 13.4. The Morgan fingerprint density at radius 3 is 2.52 bits per heavy atom. The highest BCUT2D eigenvalue weighted by atomic mass is 35.5. The number of carbonyl (C=O) groups is 1. The maximum Gasteiger partial charge on any atom is 0.307 e. The second kappa shape index (κ2) is 8.40. The van der Waals surface area contributed by atoms with Crippen molar-refractivity contribution in [3.05, 3.63) is 34.9 Å². The number of carbonyl (C=O) groups excluding carboxylic acids is 1. The molecule has 1 fully saturated rings. The first-order valence-corrected chi connectivity index (χ1v) is 8.24. The lowest BCUT2D eigenvalue weighted by atomic mass is 10.0. The summed E-state index contributed by atoms with van der Waals surface area (Å²) in [6.07, 6.45) is 5.28. The topological polar surface area (TPSA) is 29.5 Å². The first kappa shape index (κ1) is 16.3. The molecular formula is C17H24ClNO2. The number of likely N-dealkylation sites (tertiary alicyclic amines) is 1. The van der Waals surface area contributed by atoms with Crippen molar-refractivity contribution in [3.8, 4) is 0 Å². The van der Waals surface area contributed by atoms with Gasteiger partial charge >= 0.3 is 5.97 Å². The first-order valence-electron chi connectivity index (χ1n) is 7.86. The smallest absolute Gasteiger partial charge is 0.307 e. The molecule has 3 nitrogen and oxygen atoms in total. The number of hydrogen-bond donors (Lipinski definition) is 0. The molecule has 1 aromatic carbocycles. The predicted molar refractivity (Wildman–Crippen MR) is 85.5 cm³/mol. The van der Waals surface area contributed by atoms with Crippen molar-refractivity contribution in [3.63, 3.8) is 0 Å². The van der Waals surface area contributed by atoms with Crippen molar-refractivity contribution >= 4 is 17.6 Å². The van der Waals surface area contributed by atoms with Gasteiger partial charge in [0.2, 0.25) is 0 Å². The van der Waals surface area contributed by atoms with Crippen LogP contribution in [0, 0.1) is 0 Å². The molecule has 0 bridgehead atoms.